The molecule has 0 bridgehead atoms. The first-order valence-electron chi connectivity index (χ1n) is 10.4. The number of imide groups is 1. The molecule has 1 aliphatic carbocycles. The van der Waals surface area contributed by atoms with E-state index in [2.05, 4.69) is 15.4 Å². The Hall–Kier alpha value is -3.49. The van der Waals surface area contributed by atoms with Crippen LogP contribution in [0.5, 0.6) is 5.75 Å². The number of aryl methyl sites for hydroxylation is 1. The highest BCUT2D eigenvalue weighted by Crippen LogP contribution is 2.39. The second-order valence-electron chi connectivity index (χ2n) is 7.86. The van der Waals surface area contributed by atoms with E-state index < -0.39 is 30.0 Å². The maximum absolute atomic E-state index is 13.2. The highest BCUT2D eigenvalue weighted by molar-refractivity contribution is 6.09. The van der Waals surface area contributed by atoms with Crippen molar-refractivity contribution < 1.29 is 27.9 Å². The molecule has 9 heteroatoms. The largest absolute Gasteiger partial charge is 0.435 e. The van der Waals surface area contributed by atoms with E-state index in [9.17, 15) is 23.2 Å². The molecule has 4 amide bonds. The number of benzene rings is 2. The summed E-state index contributed by atoms with van der Waals surface area (Å²) in [5.41, 5.74) is 1.55. The summed E-state index contributed by atoms with van der Waals surface area (Å²) in [5, 5.41) is 5.52. The van der Waals surface area contributed by atoms with Crippen molar-refractivity contribution in [1.29, 1.82) is 0 Å². The average Bonchev–Trinajstić information content (AvgIpc) is 2.99. The van der Waals surface area contributed by atoms with Gasteiger partial charge in [-0.1, -0.05) is 36.4 Å². The molecule has 1 heterocycles. The van der Waals surface area contributed by atoms with Gasteiger partial charge in [0.1, 0.15) is 17.8 Å². The Morgan fingerprint density at radius 2 is 1.91 bits per heavy atom. The quantitative estimate of drug-likeness (QED) is 0.645. The van der Waals surface area contributed by atoms with Gasteiger partial charge in [0.2, 0.25) is 5.91 Å². The summed E-state index contributed by atoms with van der Waals surface area (Å²) in [6.45, 7) is -2.98. The van der Waals surface area contributed by atoms with Gasteiger partial charge in [0, 0.05) is 6.54 Å². The summed E-state index contributed by atoms with van der Waals surface area (Å²) in [7, 11) is 0. The van der Waals surface area contributed by atoms with Crippen LogP contribution in [0.15, 0.2) is 48.5 Å². The molecule has 4 rings (SSSR count). The van der Waals surface area contributed by atoms with Gasteiger partial charge in [0.25, 0.3) is 5.91 Å². The van der Waals surface area contributed by atoms with Crippen LogP contribution in [0.2, 0.25) is 0 Å². The van der Waals surface area contributed by atoms with E-state index in [1.807, 2.05) is 24.3 Å². The van der Waals surface area contributed by atoms with E-state index in [-0.39, 0.29) is 18.8 Å². The minimum absolute atomic E-state index is 0.0598. The number of rotatable bonds is 7. The number of carbonyl (C=O) groups excluding carboxylic acids is 3. The highest BCUT2D eigenvalue weighted by Gasteiger charge is 2.54. The van der Waals surface area contributed by atoms with Crippen molar-refractivity contribution in [2.75, 3.05) is 13.1 Å². The van der Waals surface area contributed by atoms with Crippen molar-refractivity contribution in [3.8, 4) is 5.75 Å². The predicted molar refractivity (Wildman–Crippen MR) is 111 cm³/mol. The monoisotopic (exact) mass is 443 g/mol. The van der Waals surface area contributed by atoms with E-state index in [1.54, 1.807) is 12.1 Å². The van der Waals surface area contributed by atoms with E-state index in [0.717, 1.165) is 34.4 Å². The first-order valence-corrected chi connectivity index (χ1v) is 10.4. The number of carbonyl (C=O) groups is 3. The van der Waals surface area contributed by atoms with Crippen LogP contribution in [0, 0.1) is 0 Å². The van der Waals surface area contributed by atoms with Gasteiger partial charge < -0.3 is 15.4 Å². The van der Waals surface area contributed by atoms with Crippen molar-refractivity contribution in [3.63, 3.8) is 0 Å². The Kier molecular flexibility index (Phi) is 6.07. The fraction of sp³-hybridized carbons (Fsp3) is 0.348. The molecular weight excluding hydrogens is 420 g/mol. The number of urea groups is 1. The molecular formula is C23H23F2N3O4. The molecule has 2 N–H and O–H groups in total. The van der Waals surface area contributed by atoms with Gasteiger partial charge in [-0.3, -0.25) is 14.5 Å². The number of nitrogens with one attached hydrogen (secondary N) is 2. The van der Waals surface area contributed by atoms with E-state index in [1.165, 1.54) is 12.1 Å². The molecule has 0 radical (unpaired) electrons. The fourth-order valence-electron chi connectivity index (χ4n) is 4.34. The predicted octanol–water partition coefficient (Wildman–Crippen LogP) is 2.73. The maximum atomic E-state index is 13.2. The molecule has 168 valence electrons. The lowest BCUT2D eigenvalue weighted by Crippen LogP contribution is -2.47. The van der Waals surface area contributed by atoms with Crippen molar-refractivity contribution in [2.45, 2.75) is 37.8 Å². The first kappa shape index (κ1) is 21.7. The summed E-state index contributed by atoms with van der Waals surface area (Å²) < 4.78 is 28.7. The van der Waals surface area contributed by atoms with Crippen molar-refractivity contribution in [2.24, 2.45) is 0 Å². The summed E-state index contributed by atoms with van der Waals surface area (Å²) in [6, 6.07) is 13.1. The second kappa shape index (κ2) is 8.94. The zero-order valence-electron chi connectivity index (χ0n) is 17.3. The fourth-order valence-corrected chi connectivity index (χ4v) is 4.34. The SMILES string of the molecule is O=C(CN1C(=O)NC2(CCCc3ccccc32)C1=O)NCCc1ccc(OC(F)F)cc1. The van der Waals surface area contributed by atoms with Crippen molar-refractivity contribution >= 4 is 17.8 Å². The third-order valence-corrected chi connectivity index (χ3v) is 5.84. The second-order valence-corrected chi connectivity index (χ2v) is 7.86. The lowest BCUT2D eigenvalue weighted by Gasteiger charge is -2.33. The Morgan fingerprint density at radius 3 is 2.66 bits per heavy atom. The third-order valence-electron chi connectivity index (χ3n) is 5.84. The number of nitrogens with zero attached hydrogens (tertiary/aromatic N) is 1. The van der Waals surface area contributed by atoms with E-state index in [0.29, 0.717) is 12.8 Å². The zero-order chi connectivity index (χ0) is 22.7. The van der Waals surface area contributed by atoms with Gasteiger partial charge in [0.15, 0.2) is 0 Å². The lowest BCUT2D eigenvalue weighted by atomic mass is 9.76. The molecule has 1 unspecified atom stereocenters. The van der Waals surface area contributed by atoms with Crippen LogP contribution < -0.4 is 15.4 Å². The minimum Gasteiger partial charge on any atom is -0.435 e. The molecule has 1 saturated heterocycles. The van der Waals surface area contributed by atoms with Crippen LogP contribution in [-0.2, 0) is 28.0 Å². The summed E-state index contributed by atoms with van der Waals surface area (Å²) in [6.07, 6.45) is 2.57. The standard InChI is InChI=1S/C23H23F2N3O4/c24-21(25)32-17-9-7-15(8-10-17)11-13-26-19(29)14-28-20(30)23(27-22(28)31)12-3-5-16-4-1-2-6-18(16)23/h1-2,4,6-10,21H,3,5,11-14H2,(H,26,29)(H,27,31). The van der Waals surface area contributed by atoms with Crippen LogP contribution in [0.3, 0.4) is 0 Å². The molecule has 0 saturated carbocycles. The van der Waals surface area contributed by atoms with Crippen LogP contribution in [0.25, 0.3) is 0 Å². The molecule has 0 aromatic heterocycles. The van der Waals surface area contributed by atoms with Crippen molar-refractivity contribution in [1.82, 2.24) is 15.5 Å². The van der Waals surface area contributed by atoms with Gasteiger partial charge in [-0.05, 0) is 54.5 Å². The van der Waals surface area contributed by atoms with Gasteiger partial charge in [-0.2, -0.15) is 8.78 Å². The summed E-state index contributed by atoms with van der Waals surface area (Å²) >= 11 is 0. The molecule has 1 fully saturated rings. The third kappa shape index (κ3) is 4.28. The number of ether oxygens (including phenoxy) is 1. The highest BCUT2D eigenvalue weighted by atomic mass is 19.3. The Labute approximate surface area is 183 Å². The molecule has 2 aromatic carbocycles. The topological polar surface area (TPSA) is 87.7 Å². The zero-order valence-corrected chi connectivity index (χ0v) is 17.3. The normalized spacial score (nSPS) is 19.8. The number of halogens is 2. The molecule has 2 aromatic rings. The van der Waals surface area contributed by atoms with E-state index >= 15 is 0 Å². The molecule has 1 aliphatic heterocycles. The first-order chi connectivity index (χ1) is 15.4. The van der Waals surface area contributed by atoms with Gasteiger partial charge in [0.05, 0.1) is 0 Å². The minimum atomic E-state index is -2.88. The van der Waals surface area contributed by atoms with E-state index in [4.69, 9.17) is 0 Å². The molecule has 1 spiro atoms. The Morgan fingerprint density at radius 1 is 1.16 bits per heavy atom. The number of fused-ring (bicyclic) bond motifs is 2. The summed E-state index contributed by atoms with van der Waals surface area (Å²) in [5.74, 6) is -0.795. The Balaban J connectivity index is 1.33. The molecule has 1 atom stereocenters. The molecule has 2 aliphatic rings. The maximum Gasteiger partial charge on any atom is 0.387 e. The number of amides is 4. The van der Waals surface area contributed by atoms with Crippen LogP contribution in [0.1, 0.15) is 29.5 Å². The average molecular weight is 443 g/mol. The number of alkyl halides is 2. The van der Waals surface area contributed by atoms with Crippen LogP contribution >= 0.6 is 0 Å². The molecule has 7 nitrogen and oxygen atoms in total. The number of hydrogen-bond donors (Lipinski definition) is 2. The smallest absolute Gasteiger partial charge is 0.387 e. The lowest BCUT2D eigenvalue weighted by molar-refractivity contribution is -0.135. The molecule has 32 heavy (non-hydrogen) atoms. The van der Waals surface area contributed by atoms with Gasteiger partial charge >= 0.3 is 12.6 Å². The number of hydrogen-bond acceptors (Lipinski definition) is 4. The van der Waals surface area contributed by atoms with Crippen LogP contribution in [-0.4, -0.2) is 42.4 Å². The van der Waals surface area contributed by atoms with Crippen LogP contribution in [0.4, 0.5) is 13.6 Å². The Bertz CT molecular complexity index is 1030. The van der Waals surface area contributed by atoms with Gasteiger partial charge in [-0.25, -0.2) is 4.79 Å². The summed E-state index contributed by atoms with van der Waals surface area (Å²) in [4.78, 5) is 39.1. The van der Waals surface area contributed by atoms with Crippen molar-refractivity contribution in [3.05, 3.63) is 65.2 Å². The van der Waals surface area contributed by atoms with Gasteiger partial charge in [-0.15, -0.1) is 0 Å².